The van der Waals surface area contributed by atoms with E-state index in [9.17, 15) is 0 Å². The molecule has 3 aliphatic heterocycles. The fraction of sp³-hybridized carbons (Fsp3) is 0.387. The van der Waals surface area contributed by atoms with Crippen molar-refractivity contribution in [2.75, 3.05) is 9.80 Å². The predicted octanol–water partition coefficient (Wildman–Crippen LogP) is 15.6. The maximum Gasteiger partial charge on any atom is 0.264 e. The van der Waals surface area contributed by atoms with Gasteiger partial charge in [-0.25, -0.2) is 0 Å². The third kappa shape index (κ3) is 5.72. The molecular weight excluding hydrogens is 816 g/mol. The first-order chi connectivity index (χ1) is 31.0. The molecule has 4 heterocycles. The molecule has 0 N–H and O–H groups in total. The minimum absolute atomic E-state index is 0.00430. The lowest BCUT2D eigenvalue weighted by molar-refractivity contribution is 0.332. The van der Waals surface area contributed by atoms with Crippen molar-refractivity contribution in [2.24, 2.45) is 0 Å². The van der Waals surface area contributed by atoms with E-state index in [0.29, 0.717) is 0 Å². The molecule has 0 saturated heterocycles. The van der Waals surface area contributed by atoms with E-state index in [-0.39, 0.29) is 39.2 Å². The van der Waals surface area contributed by atoms with Gasteiger partial charge in [-0.2, -0.15) is 0 Å². The summed E-state index contributed by atoms with van der Waals surface area (Å²) in [5, 5.41) is 1.40. The molecule has 66 heavy (non-hydrogen) atoms. The highest BCUT2D eigenvalue weighted by Crippen LogP contribution is 2.62. The quantitative estimate of drug-likeness (QED) is 0.160. The number of benzene rings is 6. The van der Waals surface area contributed by atoms with Crippen LogP contribution in [0.25, 0.3) is 21.2 Å². The van der Waals surface area contributed by atoms with E-state index in [2.05, 4.69) is 221 Å². The molecule has 12 rings (SSSR count). The lowest BCUT2D eigenvalue weighted by atomic mass is 9.35. The minimum Gasteiger partial charge on any atom is -0.311 e. The summed E-state index contributed by atoms with van der Waals surface area (Å²) in [6.07, 6.45) is 4.70. The van der Waals surface area contributed by atoms with E-state index in [1.54, 1.807) is 5.56 Å². The van der Waals surface area contributed by atoms with Crippen molar-refractivity contribution in [3.63, 3.8) is 0 Å². The Bertz CT molecular complexity index is 3240. The summed E-state index contributed by atoms with van der Waals surface area (Å²) in [6.45, 7) is 34.1. The maximum atomic E-state index is 2.75. The molecule has 4 heteroatoms. The van der Waals surface area contributed by atoms with Crippen LogP contribution in [-0.4, -0.2) is 6.71 Å². The van der Waals surface area contributed by atoms with Crippen LogP contribution >= 0.6 is 11.3 Å². The van der Waals surface area contributed by atoms with Gasteiger partial charge in [-0.1, -0.05) is 151 Å². The average Bonchev–Trinajstić information content (AvgIpc) is 3.63. The Morgan fingerprint density at radius 1 is 0.530 bits per heavy atom. The fourth-order valence-electron chi connectivity index (χ4n) is 13.2. The number of anilines is 6. The highest BCUT2D eigenvalue weighted by molar-refractivity contribution is 7.33. The standard InChI is InChI=1S/C62H67BN2S/c1-36-30-49-53-50(31-36)65-48-25-21-39(58(5,6)7)33-45(48)62(14)29-28-59(8,9)42-22-23-46(55(65)52(42)62)63(53)56-54(41-34-43-44(35-51(41)66-56)61(12,13)27-26-60(43,10)11)64(49)47-24-20-38(57(2,3)4)32-40(47)37-18-16-15-17-19-37/h15-25,30-35H,26-29H2,1-14H3. The molecule has 0 saturated carbocycles. The Hall–Kier alpha value is -5.06. The number of nitrogens with zero attached hydrogens (tertiary/aromatic N) is 2. The number of rotatable bonds is 2. The summed E-state index contributed by atoms with van der Waals surface area (Å²) >= 11 is 2.07. The lowest BCUT2D eigenvalue weighted by Gasteiger charge is -2.54. The topological polar surface area (TPSA) is 6.48 Å². The molecule has 7 aromatic rings. The van der Waals surface area contributed by atoms with Crippen LogP contribution in [0, 0.1) is 6.92 Å². The Balaban J connectivity index is 1.24. The first kappa shape index (κ1) is 42.3. The summed E-state index contributed by atoms with van der Waals surface area (Å²) in [4.78, 5) is 5.49. The van der Waals surface area contributed by atoms with Crippen molar-refractivity contribution >= 4 is 78.0 Å². The van der Waals surface area contributed by atoms with Crippen LogP contribution in [0.4, 0.5) is 34.1 Å². The molecule has 5 aliphatic rings. The molecular formula is C62H67BN2S. The second kappa shape index (κ2) is 13.3. The van der Waals surface area contributed by atoms with E-state index in [0.717, 1.165) is 6.42 Å². The van der Waals surface area contributed by atoms with Crippen LogP contribution in [-0.2, 0) is 32.5 Å². The zero-order valence-corrected chi connectivity index (χ0v) is 42.8. The number of thiophene rings is 1. The summed E-state index contributed by atoms with van der Waals surface area (Å²) in [7, 11) is 0. The van der Waals surface area contributed by atoms with Crippen molar-refractivity contribution < 1.29 is 0 Å². The van der Waals surface area contributed by atoms with Gasteiger partial charge in [0.05, 0.1) is 17.1 Å². The minimum atomic E-state index is -0.104. The van der Waals surface area contributed by atoms with Crippen molar-refractivity contribution in [1.29, 1.82) is 0 Å². The van der Waals surface area contributed by atoms with Crippen molar-refractivity contribution in [3.8, 4) is 11.1 Å². The molecule has 1 aromatic heterocycles. The molecule has 6 aromatic carbocycles. The van der Waals surface area contributed by atoms with Crippen LogP contribution in [0.5, 0.6) is 0 Å². The van der Waals surface area contributed by atoms with Crippen LogP contribution in [0.2, 0.25) is 0 Å². The molecule has 2 aliphatic carbocycles. The van der Waals surface area contributed by atoms with Crippen molar-refractivity contribution in [1.82, 2.24) is 0 Å². The number of aryl methyl sites for hydroxylation is 1. The van der Waals surface area contributed by atoms with Gasteiger partial charge in [0, 0.05) is 42.9 Å². The van der Waals surface area contributed by atoms with Gasteiger partial charge < -0.3 is 9.80 Å². The summed E-state index contributed by atoms with van der Waals surface area (Å²) in [5.74, 6) is 0. The van der Waals surface area contributed by atoms with Crippen molar-refractivity contribution in [2.45, 2.75) is 155 Å². The highest BCUT2D eigenvalue weighted by Gasteiger charge is 2.54. The van der Waals surface area contributed by atoms with E-state index < -0.39 is 0 Å². The monoisotopic (exact) mass is 883 g/mol. The van der Waals surface area contributed by atoms with Gasteiger partial charge in [-0.05, 0) is 163 Å². The van der Waals surface area contributed by atoms with Gasteiger partial charge in [0.15, 0.2) is 0 Å². The second-order valence-corrected chi connectivity index (χ2v) is 26.4. The van der Waals surface area contributed by atoms with Crippen LogP contribution in [0.15, 0.2) is 103 Å². The zero-order valence-electron chi connectivity index (χ0n) is 42.0. The van der Waals surface area contributed by atoms with Crippen LogP contribution in [0.1, 0.15) is 160 Å². The molecule has 334 valence electrons. The molecule has 0 radical (unpaired) electrons. The first-order valence-electron chi connectivity index (χ1n) is 24.9. The third-order valence-corrected chi connectivity index (χ3v) is 18.6. The summed E-state index contributed by atoms with van der Waals surface area (Å²) in [6, 6.07) is 41.6. The Morgan fingerprint density at radius 3 is 1.76 bits per heavy atom. The van der Waals surface area contributed by atoms with Gasteiger partial charge in [-0.3, -0.25) is 0 Å². The molecule has 2 nitrogen and oxygen atoms in total. The predicted molar refractivity (Wildman–Crippen MR) is 287 cm³/mol. The zero-order chi connectivity index (χ0) is 46.4. The van der Waals surface area contributed by atoms with E-state index >= 15 is 0 Å². The largest absolute Gasteiger partial charge is 0.311 e. The molecule has 0 bridgehead atoms. The maximum absolute atomic E-state index is 2.75. The smallest absolute Gasteiger partial charge is 0.264 e. The first-order valence-corrected chi connectivity index (χ1v) is 25.7. The Kier molecular flexibility index (Phi) is 8.55. The Morgan fingerprint density at radius 2 is 1.11 bits per heavy atom. The van der Waals surface area contributed by atoms with Gasteiger partial charge in [0.2, 0.25) is 0 Å². The van der Waals surface area contributed by atoms with E-state index in [1.807, 2.05) is 0 Å². The lowest BCUT2D eigenvalue weighted by Crippen LogP contribution is -2.62. The van der Waals surface area contributed by atoms with E-state index in [1.165, 1.54) is 129 Å². The molecule has 0 fully saturated rings. The molecule has 1 unspecified atom stereocenters. The van der Waals surface area contributed by atoms with Gasteiger partial charge in [-0.15, -0.1) is 11.3 Å². The van der Waals surface area contributed by atoms with Gasteiger partial charge >= 0.3 is 0 Å². The highest BCUT2D eigenvalue weighted by atomic mass is 32.1. The summed E-state index contributed by atoms with van der Waals surface area (Å²) < 4.78 is 2.88. The second-order valence-electron chi connectivity index (χ2n) is 25.3. The Labute approximate surface area is 399 Å². The third-order valence-electron chi connectivity index (χ3n) is 17.4. The fourth-order valence-corrected chi connectivity index (χ4v) is 14.5. The molecule has 0 amide bonds. The van der Waals surface area contributed by atoms with Crippen LogP contribution in [0.3, 0.4) is 0 Å². The number of fused-ring (bicyclic) bond motifs is 10. The number of hydrogen-bond donors (Lipinski definition) is 0. The van der Waals surface area contributed by atoms with Gasteiger partial charge in [0.1, 0.15) is 0 Å². The van der Waals surface area contributed by atoms with Gasteiger partial charge in [0.25, 0.3) is 6.71 Å². The normalized spacial score (nSPS) is 20.4. The SMILES string of the molecule is Cc1cc2c3c(c1)N(c1ccc(C(C)(C)C)cc1-c1ccccc1)c1c(sc4cc5c(cc14)C(C)(C)CCC5(C)C)B3c1ccc3c4c1N2c1ccc(C(C)(C)C)cc1C4(C)CCC3(C)C. The molecule has 0 spiro atoms. The summed E-state index contributed by atoms with van der Waals surface area (Å²) in [5.41, 5.74) is 25.4. The average molecular weight is 883 g/mol. The molecule has 1 atom stereocenters. The van der Waals surface area contributed by atoms with E-state index in [4.69, 9.17) is 0 Å². The van der Waals surface area contributed by atoms with Crippen LogP contribution < -0.4 is 25.5 Å². The van der Waals surface area contributed by atoms with Crippen molar-refractivity contribution in [3.05, 3.63) is 148 Å². The number of hydrogen-bond acceptors (Lipinski definition) is 3.